The summed E-state index contributed by atoms with van der Waals surface area (Å²) in [6.45, 7) is 9.95. The molecule has 0 saturated heterocycles. The summed E-state index contributed by atoms with van der Waals surface area (Å²) in [5.74, 6) is 0.742. The zero-order chi connectivity index (χ0) is 15.6. The number of carbonyl (C=O) groups is 1. The van der Waals surface area contributed by atoms with E-state index in [1.165, 1.54) is 5.56 Å². The monoisotopic (exact) mass is 287 g/mol. The zero-order valence-electron chi connectivity index (χ0n) is 13.2. The van der Waals surface area contributed by atoms with Crippen molar-refractivity contribution in [3.8, 4) is 0 Å². The number of hydrogen-bond acceptors (Lipinski definition) is 5. The van der Waals surface area contributed by atoms with Crippen LogP contribution in [0.5, 0.6) is 0 Å². The first-order valence-electron chi connectivity index (χ1n) is 7.09. The highest BCUT2D eigenvalue weighted by atomic mass is 16.4. The van der Waals surface area contributed by atoms with Crippen LogP contribution in [-0.4, -0.2) is 21.0 Å². The van der Waals surface area contributed by atoms with Gasteiger partial charge in [-0.05, 0) is 23.6 Å². The van der Waals surface area contributed by atoms with E-state index in [-0.39, 0.29) is 23.5 Å². The average Bonchev–Trinajstić information content (AvgIpc) is 2.85. The summed E-state index contributed by atoms with van der Waals surface area (Å²) >= 11 is 0. The van der Waals surface area contributed by atoms with Gasteiger partial charge in [0.25, 0.3) is 5.89 Å². The minimum atomic E-state index is -0.385. The summed E-state index contributed by atoms with van der Waals surface area (Å²) < 4.78 is 5.20. The third kappa shape index (κ3) is 3.54. The molecule has 112 valence electrons. The molecule has 2 rings (SSSR count). The fraction of sp³-hybridized carbons (Fsp3) is 0.500. The molecule has 0 aliphatic heterocycles. The molecule has 0 aliphatic carbocycles. The fourth-order valence-electron chi connectivity index (χ4n) is 2.15. The van der Waals surface area contributed by atoms with Crippen LogP contribution in [0.15, 0.2) is 22.7 Å². The summed E-state index contributed by atoms with van der Waals surface area (Å²) in [5, 5.41) is 7.48. The topological polar surface area (TPSA) is 68.9 Å². The van der Waals surface area contributed by atoms with Crippen molar-refractivity contribution >= 4 is 5.78 Å². The number of Topliss-reactive ketones (excluding diaryl/α,β-unsaturated/α-hetero) is 1. The van der Waals surface area contributed by atoms with E-state index >= 15 is 0 Å². The number of ketones is 1. The van der Waals surface area contributed by atoms with E-state index in [1.807, 2.05) is 19.9 Å². The van der Waals surface area contributed by atoms with Crippen LogP contribution in [-0.2, 0) is 5.41 Å². The second-order valence-electron chi connectivity index (χ2n) is 6.24. The molecule has 0 fully saturated rings. The fourth-order valence-corrected chi connectivity index (χ4v) is 2.15. The van der Waals surface area contributed by atoms with Crippen molar-refractivity contribution in [2.24, 2.45) is 0 Å². The third-order valence-electron chi connectivity index (χ3n) is 3.51. The van der Waals surface area contributed by atoms with Crippen LogP contribution in [0.3, 0.4) is 0 Å². The van der Waals surface area contributed by atoms with Crippen molar-refractivity contribution < 1.29 is 9.21 Å². The smallest absolute Gasteiger partial charge is 0.284 e. The van der Waals surface area contributed by atoms with Gasteiger partial charge < -0.3 is 4.42 Å². The predicted molar refractivity (Wildman–Crippen MR) is 79.3 cm³/mol. The molecular formula is C16H21N3O2. The van der Waals surface area contributed by atoms with E-state index in [0.29, 0.717) is 11.8 Å². The van der Waals surface area contributed by atoms with Crippen LogP contribution in [0.25, 0.3) is 0 Å². The molecule has 2 heterocycles. The van der Waals surface area contributed by atoms with Crippen molar-refractivity contribution in [2.75, 3.05) is 0 Å². The Hall–Kier alpha value is -2.04. The second kappa shape index (κ2) is 5.76. The lowest BCUT2D eigenvalue weighted by atomic mass is 9.82. The van der Waals surface area contributed by atoms with Gasteiger partial charge in [-0.1, -0.05) is 27.7 Å². The number of aryl methyl sites for hydroxylation is 1. The number of aromatic nitrogens is 3. The Bertz CT molecular complexity index is 644. The Labute approximate surface area is 124 Å². The summed E-state index contributed by atoms with van der Waals surface area (Å²) in [6, 6.07) is 4.07. The summed E-state index contributed by atoms with van der Waals surface area (Å²) in [7, 11) is 0. The predicted octanol–water partition coefficient (Wildman–Crippen LogP) is 3.45. The molecule has 21 heavy (non-hydrogen) atoms. The van der Waals surface area contributed by atoms with Crippen molar-refractivity contribution in [1.29, 1.82) is 0 Å². The molecule has 5 heteroatoms. The average molecular weight is 287 g/mol. The lowest BCUT2D eigenvalue weighted by Crippen LogP contribution is -2.23. The van der Waals surface area contributed by atoms with Gasteiger partial charge in [-0.3, -0.25) is 9.78 Å². The first kappa shape index (κ1) is 15.4. The molecule has 0 unspecified atom stereocenters. The summed E-state index contributed by atoms with van der Waals surface area (Å²) in [5.41, 5.74) is 1.73. The number of rotatable bonds is 5. The van der Waals surface area contributed by atoms with E-state index in [9.17, 15) is 4.79 Å². The van der Waals surface area contributed by atoms with Gasteiger partial charge in [-0.15, -0.1) is 10.2 Å². The minimum Gasteiger partial charge on any atom is -0.419 e. The van der Waals surface area contributed by atoms with Crippen molar-refractivity contribution in [2.45, 2.75) is 52.4 Å². The summed E-state index contributed by atoms with van der Waals surface area (Å²) in [6.07, 6.45) is 2.08. The maximum absolute atomic E-state index is 12.2. The van der Waals surface area contributed by atoms with Crippen LogP contribution in [0, 0.1) is 6.92 Å². The highest BCUT2D eigenvalue weighted by Crippen LogP contribution is 2.28. The largest absolute Gasteiger partial charge is 0.419 e. The second-order valence-corrected chi connectivity index (χ2v) is 6.24. The van der Waals surface area contributed by atoms with Gasteiger partial charge in [0.1, 0.15) is 0 Å². The molecule has 0 spiro atoms. The Morgan fingerprint density at radius 1 is 1.33 bits per heavy atom. The van der Waals surface area contributed by atoms with Crippen LogP contribution >= 0.6 is 0 Å². The van der Waals surface area contributed by atoms with Gasteiger partial charge in [0.15, 0.2) is 0 Å². The first-order valence-corrected chi connectivity index (χ1v) is 7.09. The van der Waals surface area contributed by atoms with Crippen LogP contribution in [0.2, 0.25) is 0 Å². The highest BCUT2D eigenvalue weighted by Gasteiger charge is 2.29. The molecule has 0 aliphatic rings. The van der Waals surface area contributed by atoms with E-state index in [2.05, 4.69) is 35.1 Å². The van der Waals surface area contributed by atoms with Gasteiger partial charge in [-0.2, -0.15) is 0 Å². The molecule has 2 aromatic rings. The number of pyridine rings is 1. The molecule has 0 aromatic carbocycles. The quantitative estimate of drug-likeness (QED) is 0.788. The lowest BCUT2D eigenvalue weighted by molar-refractivity contribution is 0.0921. The SMILES string of the molecule is Cc1nnc(C(=O)CC(C)(C)c2cc(C(C)C)ccn2)o1. The zero-order valence-corrected chi connectivity index (χ0v) is 13.2. The van der Waals surface area contributed by atoms with Gasteiger partial charge in [-0.25, -0.2) is 0 Å². The molecule has 0 atom stereocenters. The van der Waals surface area contributed by atoms with Gasteiger partial charge in [0.05, 0.1) is 0 Å². The molecule has 0 saturated carbocycles. The molecule has 5 nitrogen and oxygen atoms in total. The van der Waals surface area contributed by atoms with Gasteiger partial charge in [0.2, 0.25) is 11.7 Å². The molecule has 0 N–H and O–H groups in total. The maximum Gasteiger partial charge on any atom is 0.284 e. The third-order valence-corrected chi connectivity index (χ3v) is 3.51. The first-order chi connectivity index (χ1) is 9.79. The molecule has 0 radical (unpaired) electrons. The lowest BCUT2D eigenvalue weighted by Gasteiger charge is -2.23. The van der Waals surface area contributed by atoms with Crippen molar-refractivity contribution in [1.82, 2.24) is 15.2 Å². The summed E-state index contributed by atoms with van der Waals surface area (Å²) in [4.78, 5) is 16.7. The van der Waals surface area contributed by atoms with E-state index in [4.69, 9.17) is 4.42 Å². The van der Waals surface area contributed by atoms with E-state index in [1.54, 1.807) is 13.1 Å². The molecule has 0 amide bonds. The van der Waals surface area contributed by atoms with Crippen molar-refractivity contribution in [3.63, 3.8) is 0 Å². The Balaban J connectivity index is 2.21. The van der Waals surface area contributed by atoms with E-state index < -0.39 is 0 Å². The van der Waals surface area contributed by atoms with Crippen molar-refractivity contribution in [3.05, 3.63) is 41.4 Å². The minimum absolute atomic E-state index is 0.0700. The standard InChI is InChI=1S/C16H21N3O2/c1-10(2)12-6-7-17-14(8-12)16(4,5)9-13(20)15-19-18-11(3)21-15/h6-8,10H,9H2,1-5H3. The molecule has 2 aromatic heterocycles. The van der Waals surface area contributed by atoms with Crippen LogP contribution in [0.4, 0.5) is 0 Å². The van der Waals surface area contributed by atoms with Gasteiger partial charge in [0, 0.05) is 30.7 Å². The van der Waals surface area contributed by atoms with E-state index in [0.717, 1.165) is 5.69 Å². The van der Waals surface area contributed by atoms with Crippen LogP contribution in [0.1, 0.15) is 67.9 Å². The molecule has 0 bridgehead atoms. The number of carbonyl (C=O) groups excluding carboxylic acids is 1. The normalized spacial score (nSPS) is 11.9. The maximum atomic E-state index is 12.2. The Morgan fingerprint density at radius 2 is 2.05 bits per heavy atom. The van der Waals surface area contributed by atoms with Crippen LogP contribution < -0.4 is 0 Å². The number of nitrogens with zero attached hydrogens (tertiary/aromatic N) is 3. The Morgan fingerprint density at radius 3 is 2.62 bits per heavy atom. The highest BCUT2D eigenvalue weighted by molar-refractivity contribution is 5.92. The Kier molecular flexibility index (Phi) is 4.21. The van der Waals surface area contributed by atoms with Gasteiger partial charge >= 0.3 is 0 Å². The number of hydrogen-bond donors (Lipinski definition) is 0. The molecular weight excluding hydrogens is 266 g/mol.